The molecule has 1 aromatic rings. The molecular formula is C15H17NO4. The summed E-state index contributed by atoms with van der Waals surface area (Å²) in [6.07, 6.45) is 5.19. The molecule has 5 nitrogen and oxygen atoms in total. The molecule has 20 heavy (non-hydrogen) atoms. The number of rotatable bonds is 5. The summed E-state index contributed by atoms with van der Waals surface area (Å²) in [7, 11) is 0. The summed E-state index contributed by atoms with van der Waals surface area (Å²) in [4.78, 5) is 11.7. The second kappa shape index (κ2) is 5.17. The third-order valence-corrected chi connectivity index (χ3v) is 3.75. The van der Waals surface area contributed by atoms with E-state index in [1.54, 1.807) is 6.08 Å². The average molecular weight is 275 g/mol. The minimum Gasteiger partial charge on any atom is -0.454 e. The molecule has 1 fully saturated rings. The lowest BCUT2D eigenvalue weighted by molar-refractivity contribution is -0.116. The number of aliphatic hydroxyl groups excluding tert-OH is 1. The first-order valence-corrected chi connectivity index (χ1v) is 6.67. The minimum atomic E-state index is -0.151. The van der Waals surface area contributed by atoms with Crippen LogP contribution in [-0.2, 0) is 4.79 Å². The van der Waals surface area contributed by atoms with Crippen LogP contribution in [0.1, 0.15) is 18.4 Å². The molecule has 2 aliphatic rings. The van der Waals surface area contributed by atoms with Crippen LogP contribution >= 0.6 is 0 Å². The Morgan fingerprint density at radius 3 is 2.90 bits per heavy atom. The first-order chi connectivity index (χ1) is 9.71. The van der Waals surface area contributed by atoms with Gasteiger partial charge in [-0.1, -0.05) is 6.07 Å². The summed E-state index contributed by atoms with van der Waals surface area (Å²) in [5, 5.41) is 12.0. The van der Waals surface area contributed by atoms with Crippen LogP contribution in [0.5, 0.6) is 11.5 Å². The molecule has 0 atom stereocenters. The van der Waals surface area contributed by atoms with Gasteiger partial charge in [0.1, 0.15) is 0 Å². The number of carbonyl (C=O) groups is 1. The molecule has 0 spiro atoms. The maximum Gasteiger partial charge on any atom is 0.244 e. The van der Waals surface area contributed by atoms with E-state index in [2.05, 4.69) is 5.32 Å². The maximum absolute atomic E-state index is 11.7. The van der Waals surface area contributed by atoms with Gasteiger partial charge in [0.25, 0.3) is 0 Å². The highest BCUT2D eigenvalue weighted by Gasteiger charge is 2.41. The monoisotopic (exact) mass is 275 g/mol. The van der Waals surface area contributed by atoms with Crippen molar-refractivity contribution in [1.82, 2.24) is 5.32 Å². The number of nitrogens with one attached hydrogen (secondary N) is 1. The number of hydrogen-bond acceptors (Lipinski definition) is 4. The predicted octanol–water partition coefficient (Wildman–Crippen LogP) is 1.32. The Bertz CT molecular complexity index is 549. The molecule has 0 saturated heterocycles. The van der Waals surface area contributed by atoms with Gasteiger partial charge in [-0.25, -0.2) is 0 Å². The van der Waals surface area contributed by atoms with Crippen LogP contribution in [0.25, 0.3) is 6.08 Å². The molecule has 1 saturated carbocycles. The van der Waals surface area contributed by atoms with Gasteiger partial charge in [-0.3, -0.25) is 4.79 Å². The third kappa shape index (κ3) is 2.77. The lowest BCUT2D eigenvalue weighted by Crippen LogP contribution is -2.30. The second-order valence-corrected chi connectivity index (χ2v) is 5.32. The van der Waals surface area contributed by atoms with Crippen LogP contribution in [0, 0.1) is 5.41 Å². The number of aliphatic hydroxyl groups is 1. The zero-order chi connectivity index (χ0) is 14.0. The second-order valence-electron chi connectivity index (χ2n) is 5.32. The highest BCUT2D eigenvalue weighted by molar-refractivity contribution is 5.91. The molecule has 5 heteroatoms. The van der Waals surface area contributed by atoms with Crippen LogP contribution < -0.4 is 14.8 Å². The van der Waals surface area contributed by atoms with Crippen LogP contribution in [0.2, 0.25) is 0 Å². The molecule has 1 aliphatic carbocycles. The van der Waals surface area contributed by atoms with E-state index in [0.29, 0.717) is 12.3 Å². The zero-order valence-corrected chi connectivity index (χ0v) is 11.1. The molecule has 3 rings (SSSR count). The van der Waals surface area contributed by atoms with Gasteiger partial charge >= 0.3 is 0 Å². The molecule has 2 N–H and O–H groups in total. The van der Waals surface area contributed by atoms with Gasteiger partial charge in [0.15, 0.2) is 11.5 Å². The van der Waals surface area contributed by atoms with Crippen molar-refractivity contribution in [3.63, 3.8) is 0 Å². The van der Waals surface area contributed by atoms with Crippen molar-refractivity contribution >= 4 is 12.0 Å². The Morgan fingerprint density at radius 1 is 1.35 bits per heavy atom. The van der Waals surface area contributed by atoms with Gasteiger partial charge in [-0.2, -0.15) is 0 Å². The van der Waals surface area contributed by atoms with Crippen molar-refractivity contribution in [3.05, 3.63) is 29.8 Å². The molecule has 1 amide bonds. The Morgan fingerprint density at radius 2 is 2.15 bits per heavy atom. The van der Waals surface area contributed by atoms with E-state index in [9.17, 15) is 9.90 Å². The van der Waals surface area contributed by atoms with Gasteiger partial charge in [0.2, 0.25) is 12.7 Å². The Hall–Kier alpha value is -2.01. The van der Waals surface area contributed by atoms with Crippen molar-refractivity contribution in [2.75, 3.05) is 19.9 Å². The molecule has 1 aromatic carbocycles. The van der Waals surface area contributed by atoms with Gasteiger partial charge in [-0.15, -0.1) is 0 Å². The molecule has 1 aliphatic heterocycles. The SMILES string of the molecule is O=C(/C=C/c1ccc2c(c1)OCO2)NCC1(CO)CC1. The quantitative estimate of drug-likeness (QED) is 0.795. The lowest BCUT2D eigenvalue weighted by atomic mass is 10.1. The first-order valence-electron chi connectivity index (χ1n) is 6.67. The molecule has 0 unspecified atom stereocenters. The van der Waals surface area contributed by atoms with Gasteiger partial charge in [-0.05, 0) is 36.6 Å². The van der Waals surface area contributed by atoms with Gasteiger partial charge in [0, 0.05) is 18.0 Å². The van der Waals surface area contributed by atoms with Crippen LogP contribution in [0.15, 0.2) is 24.3 Å². The topological polar surface area (TPSA) is 67.8 Å². The van der Waals surface area contributed by atoms with E-state index in [1.165, 1.54) is 6.08 Å². The largest absolute Gasteiger partial charge is 0.454 e. The smallest absolute Gasteiger partial charge is 0.244 e. The van der Waals surface area contributed by atoms with Gasteiger partial charge < -0.3 is 19.9 Å². The average Bonchev–Trinajstić information content (AvgIpc) is 3.11. The molecule has 0 radical (unpaired) electrons. The predicted molar refractivity (Wildman–Crippen MR) is 73.4 cm³/mol. The van der Waals surface area contributed by atoms with E-state index in [0.717, 1.165) is 24.2 Å². The number of hydrogen-bond donors (Lipinski definition) is 2. The maximum atomic E-state index is 11.7. The van der Waals surface area contributed by atoms with Crippen molar-refractivity contribution in [2.24, 2.45) is 5.41 Å². The number of benzene rings is 1. The van der Waals surface area contributed by atoms with Crippen LogP contribution in [0.4, 0.5) is 0 Å². The van der Waals surface area contributed by atoms with Crippen LogP contribution in [-0.4, -0.2) is 31.0 Å². The molecule has 106 valence electrons. The highest BCUT2D eigenvalue weighted by atomic mass is 16.7. The Kier molecular flexibility index (Phi) is 3.36. The summed E-state index contributed by atoms with van der Waals surface area (Å²) < 4.78 is 10.5. The van der Waals surface area contributed by atoms with E-state index in [1.807, 2.05) is 18.2 Å². The number of carbonyl (C=O) groups excluding carboxylic acids is 1. The number of ether oxygens (including phenoxy) is 2. The fraction of sp³-hybridized carbons (Fsp3) is 0.400. The van der Waals surface area contributed by atoms with Crippen molar-refractivity contribution in [2.45, 2.75) is 12.8 Å². The summed E-state index contributed by atoms with van der Waals surface area (Å²) in [6.45, 7) is 0.916. The number of fused-ring (bicyclic) bond motifs is 1. The fourth-order valence-electron chi connectivity index (χ4n) is 2.09. The highest BCUT2D eigenvalue weighted by Crippen LogP contribution is 2.44. The summed E-state index contributed by atoms with van der Waals surface area (Å²) in [6, 6.07) is 5.53. The standard InChI is InChI=1S/C15H17NO4/c17-9-15(5-6-15)8-16-14(18)4-2-11-1-3-12-13(7-11)20-10-19-12/h1-4,7,17H,5-6,8-10H2,(H,16,18)/b4-2+. The van der Waals surface area contributed by atoms with E-state index < -0.39 is 0 Å². The van der Waals surface area contributed by atoms with Crippen molar-refractivity contribution < 1.29 is 19.4 Å². The first kappa shape index (κ1) is 13.0. The summed E-state index contributed by atoms with van der Waals surface area (Å²) in [5.41, 5.74) is 0.815. The van der Waals surface area contributed by atoms with E-state index in [4.69, 9.17) is 9.47 Å². The number of amides is 1. The van der Waals surface area contributed by atoms with E-state index >= 15 is 0 Å². The molecule has 0 bridgehead atoms. The molecular weight excluding hydrogens is 258 g/mol. The van der Waals surface area contributed by atoms with E-state index in [-0.39, 0.29) is 24.7 Å². The lowest BCUT2D eigenvalue weighted by Gasteiger charge is -2.11. The van der Waals surface area contributed by atoms with Gasteiger partial charge in [0.05, 0.1) is 6.61 Å². The Balaban J connectivity index is 1.55. The van der Waals surface area contributed by atoms with Crippen molar-refractivity contribution in [3.8, 4) is 11.5 Å². The molecule has 0 aromatic heterocycles. The fourth-order valence-corrected chi connectivity index (χ4v) is 2.09. The Labute approximate surface area is 117 Å². The summed E-state index contributed by atoms with van der Waals surface area (Å²) in [5.74, 6) is 1.28. The third-order valence-electron chi connectivity index (χ3n) is 3.75. The van der Waals surface area contributed by atoms with Crippen molar-refractivity contribution in [1.29, 1.82) is 0 Å². The normalized spacial score (nSPS) is 18.2. The minimum absolute atomic E-state index is 0.0672. The molecule has 1 heterocycles. The zero-order valence-electron chi connectivity index (χ0n) is 11.1. The van der Waals surface area contributed by atoms with Crippen LogP contribution in [0.3, 0.4) is 0 Å². The summed E-state index contributed by atoms with van der Waals surface area (Å²) >= 11 is 0.